The Balaban J connectivity index is 1.54. The Labute approximate surface area is 171 Å². The first-order chi connectivity index (χ1) is 13.7. The Kier molecular flexibility index (Phi) is 7.71. The molecule has 1 aromatic heterocycles. The molecule has 1 aliphatic rings. The second kappa shape index (κ2) is 10.5. The van der Waals surface area contributed by atoms with Crippen LogP contribution in [0, 0.1) is 0 Å². The smallest absolute Gasteiger partial charge is 0.319 e. The van der Waals surface area contributed by atoms with Crippen LogP contribution in [0.3, 0.4) is 0 Å². The third-order valence-electron chi connectivity index (χ3n) is 5.14. The molecule has 2 amide bonds. The fourth-order valence-corrected chi connectivity index (χ4v) is 4.24. The molecule has 0 bridgehead atoms. The maximum Gasteiger partial charge on any atom is 0.319 e. The van der Waals surface area contributed by atoms with Gasteiger partial charge in [0, 0.05) is 31.0 Å². The first-order valence-corrected chi connectivity index (χ1v) is 10.9. The van der Waals surface area contributed by atoms with Gasteiger partial charge in [0.25, 0.3) is 0 Å². The number of nitrogens with one attached hydrogen (secondary N) is 2. The Bertz CT molecular complexity index is 711. The van der Waals surface area contributed by atoms with Crippen LogP contribution in [0.15, 0.2) is 41.1 Å². The lowest BCUT2D eigenvalue weighted by atomic mass is 10.1. The number of ether oxygens (including phenoxy) is 1. The van der Waals surface area contributed by atoms with E-state index >= 15 is 0 Å². The van der Waals surface area contributed by atoms with E-state index in [0.717, 1.165) is 50.8 Å². The highest BCUT2D eigenvalue weighted by atomic mass is 32.1. The Hall–Kier alpha value is -2.09. The Morgan fingerprint density at radius 2 is 1.89 bits per heavy atom. The number of amides is 2. The van der Waals surface area contributed by atoms with Crippen molar-refractivity contribution in [3.63, 3.8) is 0 Å². The largest absolute Gasteiger partial charge is 0.378 e. The van der Waals surface area contributed by atoms with Crippen LogP contribution < -0.4 is 15.5 Å². The molecule has 2 heterocycles. The fourth-order valence-electron chi connectivity index (χ4n) is 3.53. The quantitative estimate of drug-likeness (QED) is 0.705. The SMILES string of the molecule is CCN(CC)C(CNC(=O)Nc1ccc(N2CCOCC2)cc1)c1ccsc1. The van der Waals surface area contributed by atoms with E-state index in [1.807, 2.05) is 24.3 Å². The molecule has 1 saturated heterocycles. The van der Waals surface area contributed by atoms with Crippen LogP contribution in [0.2, 0.25) is 0 Å². The molecule has 0 saturated carbocycles. The lowest BCUT2D eigenvalue weighted by molar-refractivity contribution is 0.122. The van der Waals surface area contributed by atoms with Crippen molar-refractivity contribution in [3.05, 3.63) is 46.7 Å². The molecule has 28 heavy (non-hydrogen) atoms. The summed E-state index contributed by atoms with van der Waals surface area (Å²) < 4.78 is 5.39. The third kappa shape index (κ3) is 5.47. The highest BCUT2D eigenvalue weighted by molar-refractivity contribution is 7.07. The number of hydrogen-bond donors (Lipinski definition) is 2. The molecule has 1 unspecified atom stereocenters. The third-order valence-corrected chi connectivity index (χ3v) is 5.84. The van der Waals surface area contributed by atoms with E-state index in [-0.39, 0.29) is 12.1 Å². The van der Waals surface area contributed by atoms with Gasteiger partial charge in [-0.3, -0.25) is 4.90 Å². The summed E-state index contributed by atoms with van der Waals surface area (Å²) in [6.45, 7) is 10.1. The predicted molar refractivity (Wildman–Crippen MR) is 116 cm³/mol. The number of hydrogen-bond acceptors (Lipinski definition) is 5. The van der Waals surface area contributed by atoms with Crippen molar-refractivity contribution in [3.8, 4) is 0 Å². The Morgan fingerprint density at radius 1 is 1.18 bits per heavy atom. The average molecular weight is 403 g/mol. The Morgan fingerprint density at radius 3 is 2.50 bits per heavy atom. The van der Waals surface area contributed by atoms with Crippen LogP contribution in [-0.2, 0) is 4.74 Å². The molecular formula is C21H30N4O2S. The van der Waals surface area contributed by atoms with Crippen LogP contribution in [-0.4, -0.2) is 56.9 Å². The number of carbonyl (C=O) groups is 1. The lowest BCUT2D eigenvalue weighted by Gasteiger charge is -2.29. The van der Waals surface area contributed by atoms with Crippen molar-refractivity contribution in [2.45, 2.75) is 19.9 Å². The highest BCUT2D eigenvalue weighted by Gasteiger charge is 2.19. The van der Waals surface area contributed by atoms with Gasteiger partial charge in [-0.1, -0.05) is 13.8 Å². The van der Waals surface area contributed by atoms with Crippen molar-refractivity contribution in [1.82, 2.24) is 10.2 Å². The maximum absolute atomic E-state index is 12.4. The minimum absolute atomic E-state index is 0.175. The number of nitrogens with zero attached hydrogens (tertiary/aromatic N) is 2. The summed E-state index contributed by atoms with van der Waals surface area (Å²) in [5.74, 6) is 0. The summed E-state index contributed by atoms with van der Waals surface area (Å²) in [6, 6.07) is 10.1. The fraction of sp³-hybridized carbons (Fsp3) is 0.476. The van der Waals surface area contributed by atoms with Gasteiger partial charge in [0.15, 0.2) is 0 Å². The van der Waals surface area contributed by atoms with Gasteiger partial charge < -0.3 is 20.3 Å². The summed E-state index contributed by atoms with van der Waals surface area (Å²) in [4.78, 5) is 17.1. The summed E-state index contributed by atoms with van der Waals surface area (Å²) in [6.07, 6.45) is 0. The van der Waals surface area contributed by atoms with Crippen molar-refractivity contribution in [2.24, 2.45) is 0 Å². The van der Waals surface area contributed by atoms with E-state index in [1.54, 1.807) is 11.3 Å². The van der Waals surface area contributed by atoms with Crippen LogP contribution in [0.1, 0.15) is 25.5 Å². The molecule has 1 fully saturated rings. The summed E-state index contributed by atoms with van der Waals surface area (Å²) in [7, 11) is 0. The minimum Gasteiger partial charge on any atom is -0.378 e. The van der Waals surface area contributed by atoms with Gasteiger partial charge in [-0.2, -0.15) is 11.3 Å². The zero-order chi connectivity index (χ0) is 19.8. The second-order valence-electron chi connectivity index (χ2n) is 6.78. The standard InChI is InChI=1S/C21H30N4O2S/c1-3-24(4-2)20(17-9-14-28-16-17)15-22-21(26)23-18-5-7-19(8-6-18)25-10-12-27-13-11-25/h5-9,14,16,20H,3-4,10-13,15H2,1-2H3,(H2,22,23,26). The number of likely N-dealkylation sites (N-methyl/N-ethyl adjacent to an activating group) is 1. The number of rotatable bonds is 8. The summed E-state index contributed by atoms with van der Waals surface area (Å²) in [5, 5.41) is 10.2. The van der Waals surface area contributed by atoms with E-state index < -0.39 is 0 Å². The van der Waals surface area contributed by atoms with Crippen LogP contribution in [0.25, 0.3) is 0 Å². The normalized spacial score (nSPS) is 15.5. The molecule has 7 heteroatoms. The van der Waals surface area contributed by atoms with Crippen LogP contribution in [0.4, 0.5) is 16.2 Å². The van der Waals surface area contributed by atoms with Gasteiger partial charge in [-0.15, -0.1) is 0 Å². The van der Waals surface area contributed by atoms with E-state index in [4.69, 9.17) is 4.74 Å². The topological polar surface area (TPSA) is 56.8 Å². The van der Waals surface area contributed by atoms with Crippen LogP contribution >= 0.6 is 11.3 Å². The van der Waals surface area contributed by atoms with Gasteiger partial charge in [0.1, 0.15) is 0 Å². The zero-order valence-electron chi connectivity index (χ0n) is 16.7. The van der Waals surface area contributed by atoms with Gasteiger partial charge in [0.05, 0.1) is 19.3 Å². The van der Waals surface area contributed by atoms with E-state index in [1.165, 1.54) is 5.56 Å². The average Bonchev–Trinajstić information content (AvgIpc) is 3.27. The number of carbonyl (C=O) groups excluding carboxylic acids is 1. The zero-order valence-corrected chi connectivity index (χ0v) is 17.5. The molecular weight excluding hydrogens is 372 g/mol. The summed E-state index contributed by atoms with van der Waals surface area (Å²) in [5.41, 5.74) is 3.21. The van der Waals surface area contributed by atoms with Gasteiger partial charge in [-0.25, -0.2) is 4.79 Å². The molecule has 1 aromatic carbocycles. The van der Waals surface area contributed by atoms with Crippen molar-refractivity contribution in [1.29, 1.82) is 0 Å². The van der Waals surface area contributed by atoms with E-state index in [9.17, 15) is 4.79 Å². The number of benzene rings is 1. The highest BCUT2D eigenvalue weighted by Crippen LogP contribution is 2.22. The predicted octanol–water partition coefficient (Wildman–Crippen LogP) is 3.79. The molecule has 2 N–H and O–H groups in total. The second-order valence-corrected chi connectivity index (χ2v) is 7.56. The number of anilines is 2. The molecule has 0 aliphatic carbocycles. The molecule has 1 atom stereocenters. The molecule has 0 radical (unpaired) electrons. The lowest BCUT2D eigenvalue weighted by Crippen LogP contribution is -2.39. The molecule has 6 nitrogen and oxygen atoms in total. The van der Waals surface area contributed by atoms with Crippen molar-refractivity contribution >= 4 is 28.7 Å². The minimum atomic E-state index is -0.175. The number of thiophene rings is 1. The molecule has 2 aromatic rings. The first kappa shape index (κ1) is 20.6. The molecule has 152 valence electrons. The summed E-state index contributed by atoms with van der Waals surface area (Å²) >= 11 is 1.69. The molecule has 0 spiro atoms. The van der Waals surface area contributed by atoms with Gasteiger partial charge in [0.2, 0.25) is 0 Å². The van der Waals surface area contributed by atoms with E-state index in [2.05, 4.69) is 51.1 Å². The molecule has 1 aliphatic heterocycles. The van der Waals surface area contributed by atoms with Gasteiger partial charge >= 0.3 is 6.03 Å². The van der Waals surface area contributed by atoms with E-state index in [0.29, 0.717) is 6.54 Å². The van der Waals surface area contributed by atoms with Gasteiger partial charge in [-0.05, 0) is 59.7 Å². The van der Waals surface area contributed by atoms with Crippen molar-refractivity contribution < 1.29 is 9.53 Å². The monoisotopic (exact) mass is 402 g/mol. The number of urea groups is 1. The maximum atomic E-state index is 12.4. The molecule has 3 rings (SSSR count). The first-order valence-electron chi connectivity index (χ1n) is 9.95. The van der Waals surface area contributed by atoms with Crippen LogP contribution in [0.5, 0.6) is 0 Å². The number of morpholine rings is 1. The van der Waals surface area contributed by atoms with Crippen molar-refractivity contribution in [2.75, 3.05) is 56.2 Å².